The topological polar surface area (TPSA) is 124 Å². The Bertz CT molecular complexity index is 1240. The largest absolute Gasteiger partial charge is 0.449 e. The first kappa shape index (κ1) is 18.6. The van der Waals surface area contributed by atoms with Crippen molar-refractivity contribution in [2.45, 2.75) is 0 Å². The second-order valence-electron chi connectivity index (χ2n) is 6.01. The molecular formula is C19H11BrN4O5. The molecule has 0 saturated carbocycles. The Labute approximate surface area is 171 Å². The van der Waals surface area contributed by atoms with Crippen LogP contribution in [-0.2, 0) is 0 Å². The second kappa shape index (κ2) is 7.32. The molecule has 4 rings (SSSR count). The van der Waals surface area contributed by atoms with E-state index in [4.69, 9.17) is 4.74 Å². The molecule has 1 aromatic heterocycles. The van der Waals surface area contributed by atoms with E-state index in [1.165, 1.54) is 6.07 Å². The average molecular weight is 455 g/mol. The maximum absolute atomic E-state index is 11.4. The van der Waals surface area contributed by atoms with Crippen molar-refractivity contribution in [1.82, 2.24) is 9.97 Å². The number of non-ortho nitro benzene ring substituents is 1. The van der Waals surface area contributed by atoms with Crippen LogP contribution in [0.15, 0.2) is 65.1 Å². The molecule has 0 atom stereocenters. The summed E-state index contributed by atoms with van der Waals surface area (Å²) < 4.78 is 6.56. The minimum absolute atomic E-state index is 0.111. The van der Waals surface area contributed by atoms with Gasteiger partial charge in [0, 0.05) is 10.5 Å². The van der Waals surface area contributed by atoms with Crippen LogP contribution in [0.1, 0.15) is 0 Å². The van der Waals surface area contributed by atoms with Crippen LogP contribution in [0.25, 0.3) is 22.4 Å². The van der Waals surface area contributed by atoms with Gasteiger partial charge in [-0.1, -0.05) is 28.1 Å². The summed E-state index contributed by atoms with van der Waals surface area (Å²) in [6.45, 7) is 0. The van der Waals surface area contributed by atoms with E-state index in [9.17, 15) is 20.2 Å². The highest BCUT2D eigenvalue weighted by Gasteiger charge is 2.22. The van der Waals surface area contributed by atoms with Crippen LogP contribution in [0.5, 0.6) is 11.5 Å². The van der Waals surface area contributed by atoms with Crippen LogP contribution in [0.4, 0.5) is 11.4 Å². The van der Waals surface area contributed by atoms with Crippen molar-refractivity contribution >= 4 is 38.3 Å². The number of hydrogen-bond acceptors (Lipinski definition) is 6. The highest BCUT2D eigenvalue weighted by molar-refractivity contribution is 9.10. The number of nitrogens with zero attached hydrogens (tertiary/aromatic N) is 3. The third kappa shape index (κ3) is 3.65. The predicted molar refractivity (Wildman–Crippen MR) is 109 cm³/mol. The Hall–Kier alpha value is -3.79. The van der Waals surface area contributed by atoms with Gasteiger partial charge in [-0.25, -0.2) is 4.98 Å². The van der Waals surface area contributed by atoms with Gasteiger partial charge in [0.05, 0.1) is 32.5 Å². The van der Waals surface area contributed by atoms with Crippen LogP contribution in [0.2, 0.25) is 0 Å². The van der Waals surface area contributed by atoms with Crippen molar-refractivity contribution in [2.75, 3.05) is 0 Å². The molecule has 1 N–H and O–H groups in total. The monoisotopic (exact) mass is 454 g/mol. The van der Waals surface area contributed by atoms with Gasteiger partial charge < -0.3 is 9.72 Å². The molecule has 0 radical (unpaired) electrons. The summed E-state index contributed by atoms with van der Waals surface area (Å²) in [4.78, 5) is 28.6. The molecule has 0 saturated heterocycles. The molecule has 0 aliphatic rings. The summed E-state index contributed by atoms with van der Waals surface area (Å²) in [5, 5.41) is 22.3. The fourth-order valence-electron chi connectivity index (χ4n) is 2.82. The first-order valence-corrected chi connectivity index (χ1v) is 9.07. The van der Waals surface area contributed by atoms with Crippen LogP contribution in [-0.4, -0.2) is 19.8 Å². The highest BCUT2D eigenvalue weighted by atomic mass is 79.9. The fraction of sp³-hybridized carbons (Fsp3) is 0. The molecule has 144 valence electrons. The maximum atomic E-state index is 11.4. The lowest BCUT2D eigenvalue weighted by molar-refractivity contribution is -0.394. The van der Waals surface area contributed by atoms with Gasteiger partial charge in [0.2, 0.25) is 5.75 Å². The molecule has 29 heavy (non-hydrogen) atoms. The number of halogens is 1. The third-order valence-electron chi connectivity index (χ3n) is 4.16. The number of nitro benzene ring substituents is 2. The molecule has 9 nitrogen and oxygen atoms in total. The van der Waals surface area contributed by atoms with Gasteiger partial charge in [0.15, 0.2) is 0 Å². The Morgan fingerprint density at radius 2 is 1.69 bits per heavy atom. The molecule has 0 aliphatic heterocycles. The maximum Gasteiger partial charge on any atom is 0.318 e. The number of imidazole rings is 1. The normalized spacial score (nSPS) is 10.8. The van der Waals surface area contributed by atoms with Crippen LogP contribution < -0.4 is 4.74 Å². The van der Waals surface area contributed by atoms with E-state index in [2.05, 4.69) is 25.9 Å². The zero-order chi connectivity index (χ0) is 20.5. The first-order chi connectivity index (χ1) is 13.9. The van der Waals surface area contributed by atoms with E-state index in [1.807, 2.05) is 24.3 Å². The van der Waals surface area contributed by atoms with Crippen LogP contribution >= 0.6 is 15.9 Å². The van der Waals surface area contributed by atoms with E-state index >= 15 is 0 Å². The molecular weight excluding hydrogens is 444 g/mol. The standard InChI is InChI=1S/C19H11BrN4O5/c20-11-5-7-17(13(9-11)19-21-14-3-1-2-4-15(14)22-19)29-18-8-6-12(23(25)26)10-16(18)24(27)28/h1-10H,(H,21,22). The van der Waals surface area contributed by atoms with Gasteiger partial charge in [-0.2, -0.15) is 0 Å². The third-order valence-corrected chi connectivity index (χ3v) is 4.65. The number of nitro groups is 2. The van der Waals surface area contributed by atoms with Crippen molar-refractivity contribution in [2.24, 2.45) is 0 Å². The quantitative estimate of drug-likeness (QED) is 0.309. The minimum Gasteiger partial charge on any atom is -0.449 e. The molecule has 0 unspecified atom stereocenters. The van der Waals surface area contributed by atoms with Gasteiger partial charge in [-0.05, 0) is 36.4 Å². The zero-order valence-corrected chi connectivity index (χ0v) is 16.1. The van der Waals surface area contributed by atoms with E-state index in [-0.39, 0.29) is 5.75 Å². The van der Waals surface area contributed by atoms with E-state index in [1.54, 1.807) is 18.2 Å². The van der Waals surface area contributed by atoms with Gasteiger partial charge in [0.25, 0.3) is 5.69 Å². The number of fused-ring (bicyclic) bond motifs is 1. The van der Waals surface area contributed by atoms with Crippen LogP contribution in [0, 0.1) is 20.2 Å². The smallest absolute Gasteiger partial charge is 0.318 e. The minimum atomic E-state index is -0.720. The summed E-state index contributed by atoms with van der Waals surface area (Å²) in [5.41, 5.74) is 1.27. The molecule has 1 heterocycles. The average Bonchev–Trinajstić information content (AvgIpc) is 3.13. The SMILES string of the molecule is O=[N+]([O-])c1ccc(Oc2ccc(Br)cc2-c2nc3ccccc3[nH]2)c([N+](=O)[O-])c1. The lowest BCUT2D eigenvalue weighted by atomic mass is 10.2. The lowest BCUT2D eigenvalue weighted by Gasteiger charge is -2.10. The van der Waals surface area contributed by atoms with Crippen molar-refractivity contribution in [3.8, 4) is 22.9 Å². The van der Waals surface area contributed by atoms with Gasteiger partial charge >= 0.3 is 5.69 Å². The Morgan fingerprint density at radius 3 is 2.41 bits per heavy atom. The van der Waals surface area contributed by atoms with Gasteiger partial charge in [-0.3, -0.25) is 20.2 Å². The molecule has 0 bridgehead atoms. The Kier molecular flexibility index (Phi) is 4.69. The van der Waals surface area contributed by atoms with Gasteiger partial charge in [0.1, 0.15) is 11.6 Å². The molecule has 0 fully saturated rings. The van der Waals surface area contributed by atoms with E-state index < -0.39 is 21.2 Å². The highest BCUT2D eigenvalue weighted by Crippen LogP contribution is 2.39. The van der Waals surface area contributed by atoms with E-state index in [0.29, 0.717) is 17.1 Å². The number of hydrogen-bond donors (Lipinski definition) is 1. The summed E-state index contributed by atoms with van der Waals surface area (Å²) >= 11 is 3.41. The molecule has 0 aliphatic carbocycles. The summed E-state index contributed by atoms with van der Waals surface area (Å²) in [5.74, 6) is 0.719. The number of para-hydroxylation sites is 2. The number of ether oxygens (including phenoxy) is 1. The summed E-state index contributed by atoms with van der Waals surface area (Å²) in [6, 6.07) is 15.8. The zero-order valence-electron chi connectivity index (χ0n) is 14.5. The number of H-pyrrole nitrogens is 1. The van der Waals surface area contributed by atoms with Crippen molar-refractivity contribution < 1.29 is 14.6 Å². The molecule has 0 amide bonds. The Balaban J connectivity index is 1.81. The number of benzene rings is 3. The van der Waals surface area contributed by atoms with Gasteiger partial charge in [-0.15, -0.1) is 0 Å². The predicted octanol–water partition coefficient (Wildman–Crippen LogP) is 5.60. The van der Waals surface area contributed by atoms with E-state index in [0.717, 1.165) is 27.6 Å². The number of aromatic amines is 1. The first-order valence-electron chi connectivity index (χ1n) is 8.28. The second-order valence-corrected chi connectivity index (χ2v) is 6.93. The number of rotatable bonds is 5. The molecule has 3 aromatic carbocycles. The van der Waals surface area contributed by atoms with Crippen molar-refractivity contribution in [1.29, 1.82) is 0 Å². The van der Waals surface area contributed by atoms with Crippen LogP contribution in [0.3, 0.4) is 0 Å². The fourth-order valence-corrected chi connectivity index (χ4v) is 3.18. The summed E-state index contributed by atoms with van der Waals surface area (Å²) in [6.07, 6.45) is 0. The number of aromatic nitrogens is 2. The molecule has 4 aromatic rings. The number of nitrogens with one attached hydrogen (secondary N) is 1. The Morgan fingerprint density at radius 1 is 0.931 bits per heavy atom. The molecule has 0 spiro atoms. The van der Waals surface area contributed by atoms with Crippen molar-refractivity contribution in [3.05, 3.63) is 85.4 Å². The van der Waals surface area contributed by atoms with Crippen molar-refractivity contribution in [3.63, 3.8) is 0 Å². The molecule has 10 heteroatoms. The summed E-state index contributed by atoms with van der Waals surface area (Å²) in [7, 11) is 0. The lowest BCUT2D eigenvalue weighted by Crippen LogP contribution is -1.97.